The summed E-state index contributed by atoms with van der Waals surface area (Å²) in [5, 5.41) is 5.41. The van der Waals surface area contributed by atoms with Gasteiger partial charge < -0.3 is 0 Å². The van der Waals surface area contributed by atoms with E-state index in [1.165, 1.54) is 0 Å². The van der Waals surface area contributed by atoms with Crippen molar-refractivity contribution in [1.82, 2.24) is 20.2 Å². The molecule has 0 radical (unpaired) electrons. The van der Waals surface area contributed by atoms with Crippen LogP contribution in [0.25, 0.3) is 10.9 Å². The Bertz CT molecular complexity index is 765. The van der Waals surface area contributed by atoms with E-state index in [4.69, 9.17) is 5.84 Å². The van der Waals surface area contributed by atoms with Gasteiger partial charge in [0, 0.05) is 5.39 Å². The molecule has 3 N–H and O–H groups in total. The Morgan fingerprint density at radius 2 is 2.05 bits per heavy atom. The van der Waals surface area contributed by atoms with Crippen LogP contribution in [0.15, 0.2) is 48.7 Å². The molecule has 1 aromatic carbocycles. The third-order valence-electron chi connectivity index (χ3n) is 3.03. The fraction of sp³-hybridized carbons (Fsp3) is 0.0714. The van der Waals surface area contributed by atoms with Gasteiger partial charge in [-0.1, -0.05) is 24.3 Å². The van der Waals surface area contributed by atoms with Crippen molar-refractivity contribution in [3.8, 4) is 0 Å². The van der Waals surface area contributed by atoms with Crippen molar-refractivity contribution in [2.75, 3.05) is 0 Å². The molecule has 0 bridgehead atoms. The molecule has 2 aromatic heterocycles. The minimum atomic E-state index is -0.405. The normalized spacial score (nSPS) is 10.7. The third-order valence-corrected chi connectivity index (χ3v) is 3.03. The number of amides is 1. The van der Waals surface area contributed by atoms with Gasteiger partial charge in [-0.3, -0.25) is 14.9 Å². The van der Waals surface area contributed by atoms with Crippen molar-refractivity contribution in [2.24, 2.45) is 5.84 Å². The molecule has 0 aliphatic rings. The summed E-state index contributed by atoms with van der Waals surface area (Å²) in [6, 6.07) is 13.2. The van der Waals surface area contributed by atoms with Gasteiger partial charge in [0.1, 0.15) is 5.69 Å². The number of carbonyl (C=O) groups is 1. The van der Waals surface area contributed by atoms with Crippen LogP contribution in [0.4, 0.5) is 0 Å². The summed E-state index contributed by atoms with van der Waals surface area (Å²) in [5.74, 6) is 4.70. The van der Waals surface area contributed by atoms with Crippen LogP contribution in [0.1, 0.15) is 16.2 Å². The highest BCUT2D eigenvalue weighted by Gasteiger charge is 2.08. The minimum Gasteiger partial charge on any atom is -0.289 e. The third kappa shape index (κ3) is 2.24. The quantitative estimate of drug-likeness (QED) is 0.422. The van der Waals surface area contributed by atoms with Crippen LogP contribution in [0.3, 0.4) is 0 Å². The lowest BCUT2D eigenvalue weighted by molar-refractivity contribution is 0.0948. The van der Waals surface area contributed by atoms with Crippen molar-refractivity contribution in [3.63, 3.8) is 0 Å². The standard InChI is InChI=1S/C14H13N5O/c15-18-14(20)12-6-3-5-11(17-12)9-19-13-7-2-1-4-10(13)8-16-19/h1-8H,9,15H2,(H,18,20). The number of hydrogen-bond donors (Lipinski definition) is 2. The van der Waals surface area contributed by atoms with E-state index < -0.39 is 5.91 Å². The Balaban J connectivity index is 1.93. The molecule has 100 valence electrons. The van der Waals surface area contributed by atoms with Crippen molar-refractivity contribution in [2.45, 2.75) is 6.54 Å². The molecule has 0 aliphatic carbocycles. The Kier molecular flexibility index (Phi) is 3.14. The van der Waals surface area contributed by atoms with E-state index in [-0.39, 0.29) is 0 Å². The van der Waals surface area contributed by atoms with Gasteiger partial charge in [-0.05, 0) is 18.2 Å². The van der Waals surface area contributed by atoms with E-state index >= 15 is 0 Å². The molecule has 0 saturated carbocycles. The molecule has 1 amide bonds. The van der Waals surface area contributed by atoms with Gasteiger partial charge in [-0.25, -0.2) is 10.8 Å². The topological polar surface area (TPSA) is 85.8 Å². The van der Waals surface area contributed by atoms with Gasteiger partial charge in [0.2, 0.25) is 0 Å². The first kappa shape index (κ1) is 12.3. The van der Waals surface area contributed by atoms with Crippen molar-refractivity contribution < 1.29 is 4.79 Å². The Labute approximate surface area is 115 Å². The average Bonchev–Trinajstić information content (AvgIpc) is 2.90. The minimum absolute atomic E-state index is 0.293. The average molecular weight is 267 g/mol. The van der Waals surface area contributed by atoms with Crippen LogP contribution in [0.5, 0.6) is 0 Å². The molecule has 6 heteroatoms. The molecule has 0 unspecified atom stereocenters. The van der Waals surface area contributed by atoms with E-state index in [9.17, 15) is 4.79 Å². The van der Waals surface area contributed by atoms with Gasteiger partial charge in [-0.2, -0.15) is 5.10 Å². The van der Waals surface area contributed by atoms with E-state index in [0.29, 0.717) is 12.2 Å². The molecular weight excluding hydrogens is 254 g/mol. The molecule has 0 atom stereocenters. The second kappa shape index (κ2) is 5.10. The fourth-order valence-electron chi connectivity index (χ4n) is 2.07. The van der Waals surface area contributed by atoms with E-state index in [0.717, 1.165) is 16.6 Å². The number of fused-ring (bicyclic) bond motifs is 1. The lowest BCUT2D eigenvalue weighted by Crippen LogP contribution is -2.30. The smallest absolute Gasteiger partial charge is 0.283 e. The van der Waals surface area contributed by atoms with Crippen molar-refractivity contribution >= 4 is 16.8 Å². The number of nitrogens with two attached hydrogens (primary N) is 1. The molecule has 0 spiro atoms. The molecule has 0 fully saturated rings. The predicted octanol–water partition coefficient (Wildman–Crippen LogP) is 1.08. The SMILES string of the molecule is NNC(=O)c1cccc(Cn2ncc3ccccc32)n1. The highest BCUT2D eigenvalue weighted by atomic mass is 16.2. The van der Waals surface area contributed by atoms with Crippen LogP contribution in [0, 0.1) is 0 Å². The lowest BCUT2D eigenvalue weighted by atomic mass is 10.2. The molecule has 20 heavy (non-hydrogen) atoms. The summed E-state index contributed by atoms with van der Waals surface area (Å²) >= 11 is 0. The summed E-state index contributed by atoms with van der Waals surface area (Å²) in [4.78, 5) is 15.7. The van der Waals surface area contributed by atoms with E-state index in [2.05, 4.69) is 15.5 Å². The number of rotatable bonds is 3. The van der Waals surface area contributed by atoms with Crippen LogP contribution >= 0.6 is 0 Å². The highest BCUT2D eigenvalue weighted by Crippen LogP contribution is 2.14. The summed E-state index contributed by atoms with van der Waals surface area (Å²) in [6.07, 6.45) is 1.81. The number of hydrazine groups is 1. The van der Waals surface area contributed by atoms with Crippen molar-refractivity contribution in [3.05, 3.63) is 60.0 Å². The summed E-state index contributed by atoms with van der Waals surface area (Å²) in [5.41, 5.74) is 4.15. The number of pyridine rings is 1. The maximum absolute atomic E-state index is 11.5. The Morgan fingerprint density at radius 3 is 2.90 bits per heavy atom. The van der Waals surface area contributed by atoms with E-state index in [1.54, 1.807) is 12.1 Å². The van der Waals surface area contributed by atoms with Crippen LogP contribution in [-0.2, 0) is 6.54 Å². The number of benzene rings is 1. The maximum Gasteiger partial charge on any atom is 0.283 e. The first-order valence-electron chi connectivity index (χ1n) is 6.15. The molecule has 0 saturated heterocycles. The van der Waals surface area contributed by atoms with Gasteiger partial charge in [0.25, 0.3) is 5.91 Å². The number of hydrogen-bond acceptors (Lipinski definition) is 4. The first-order valence-corrected chi connectivity index (χ1v) is 6.15. The predicted molar refractivity (Wildman–Crippen MR) is 74.7 cm³/mol. The van der Waals surface area contributed by atoms with Crippen LogP contribution in [0.2, 0.25) is 0 Å². The van der Waals surface area contributed by atoms with Crippen molar-refractivity contribution in [1.29, 1.82) is 0 Å². The fourth-order valence-corrected chi connectivity index (χ4v) is 2.07. The van der Waals surface area contributed by atoms with E-state index in [1.807, 2.05) is 41.2 Å². The van der Waals surface area contributed by atoms with Gasteiger partial charge >= 0.3 is 0 Å². The number of para-hydroxylation sites is 1. The van der Waals surface area contributed by atoms with Gasteiger partial charge in [-0.15, -0.1) is 0 Å². The maximum atomic E-state index is 11.5. The zero-order chi connectivity index (χ0) is 13.9. The zero-order valence-electron chi connectivity index (χ0n) is 10.7. The number of nitrogen functional groups attached to an aromatic ring is 1. The molecule has 2 heterocycles. The second-order valence-electron chi connectivity index (χ2n) is 4.35. The lowest BCUT2D eigenvalue weighted by Gasteiger charge is -2.05. The molecular formula is C14H13N5O. The summed E-state index contributed by atoms with van der Waals surface area (Å²) < 4.78 is 1.85. The Morgan fingerprint density at radius 1 is 1.20 bits per heavy atom. The largest absolute Gasteiger partial charge is 0.289 e. The molecule has 6 nitrogen and oxygen atoms in total. The van der Waals surface area contributed by atoms with Crippen LogP contribution < -0.4 is 11.3 Å². The Hall–Kier alpha value is -2.73. The number of nitrogens with one attached hydrogen (secondary N) is 1. The summed E-state index contributed by atoms with van der Waals surface area (Å²) in [6.45, 7) is 0.499. The number of aromatic nitrogens is 3. The molecule has 3 aromatic rings. The first-order chi connectivity index (χ1) is 9.78. The monoisotopic (exact) mass is 267 g/mol. The summed E-state index contributed by atoms with van der Waals surface area (Å²) in [7, 11) is 0. The number of carbonyl (C=O) groups excluding carboxylic acids is 1. The zero-order valence-corrected chi connectivity index (χ0v) is 10.7. The number of nitrogens with zero attached hydrogens (tertiary/aromatic N) is 3. The van der Waals surface area contributed by atoms with Crippen LogP contribution in [-0.4, -0.2) is 20.7 Å². The molecule has 3 rings (SSSR count). The van der Waals surface area contributed by atoms with Gasteiger partial charge in [0.15, 0.2) is 0 Å². The molecule has 0 aliphatic heterocycles. The second-order valence-corrected chi connectivity index (χ2v) is 4.35. The van der Waals surface area contributed by atoms with Gasteiger partial charge in [0.05, 0.1) is 24.0 Å². The highest BCUT2D eigenvalue weighted by molar-refractivity contribution is 5.91.